The van der Waals surface area contributed by atoms with Crippen molar-refractivity contribution in [1.82, 2.24) is 5.32 Å². The number of likely N-dealkylation sites (N-methyl/N-ethyl adjacent to an activating group) is 2. The number of benzene rings is 1. The summed E-state index contributed by atoms with van der Waals surface area (Å²) in [6, 6.07) is 7.17. The molecule has 0 fully saturated rings. The van der Waals surface area contributed by atoms with E-state index in [-0.39, 0.29) is 0 Å². The third-order valence-corrected chi connectivity index (χ3v) is 2.92. The van der Waals surface area contributed by atoms with Crippen molar-refractivity contribution in [1.29, 1.82) is 0 Å². The van der Waals surface area contributed by atoms with Crippen molar-refractivity contribution in [3.8, 4) is 0 Å². The van der Waals surface area contributed by atoms with E-state index in [0.717, 1.165) is 18.8 Å². The minimum absolute atomic E-state index is 0.573. The third kappa shape index (κ3) is 4.37. The second-order valence-electron chi connectivity index (χ2n) is 3.40. The average molecular weight is 246 g/mol. The molecule has 0 heterocycles. The highest BCUT2D eigenvalue weighted by atomic mass is 32.2. The number of thioether (sulfide) groups is 1. The monoisotopic (exact) mass is 246 g/mol. The fourth-order valence-corrected chi connectivity index (χ4v) is 1.79. The van der Waals surface area contributed by atoms with E-state index in [1.165, 1.54) is 0 Å². The minimum atomic E-state index is -2.35. The molecule has 1 rings (SSSR count). The van der Waals surface area contributed by atoms with Crippen molar-refractivity contribution in [3.05, 3.63) is 24.3 Å². The third-order valence-electron chi connectivity index (χ3n) is 2.20. The zero-order valence-corrected chi connectivity index (χ0v) is 10.2. The Kier molecular flexibility index (Phi) is 5.55. The Morgan fingerprint density at radius 1 is 1.31 bits per heavy atom. The molecule has 0 saturated heterocycles. The van der Waals surface area contributed by atoms with Gasteiger partial charge < -0.3 is 10.2 Å². The van der Waals surface area contributed by atoms with Gasteiger partial charge in [0.05, 0.1) is 0 Å². The summed E-state index contributed by atoms with van der Waals surface area (Å²) in [5, 5.41) is 3.06. The van der Waals surface area contributed by atoms with Crippen LogP contribution in [-0.2, 0) is 0 Å². The lowest BCUT2D eigenvalue weighted by atomic mass is 10.3. The van der Waals surface area contributed by atoms with Gasteiger partial charge >= 0.3 is 0 Å². The number of hydrogen-bond acceptors (Lipinski definition) is 3. The maximum atomic E-state index is 12.1. The quantitative estimate of drug-likeness (QED) is 0.777. The van der Waals surface area contributed by atoms with E-state index in [0.29, 0.717) is 16.7 Å². The number of alkyl halides is 2. The molecule has 0 bridgehead atoms. The molecular formula is C11H16F2N2S. The molecule has 1 N–H and O–H groups in total. The molecule has 2 nitrogen and oxygen atoms in total. The lowest BCUT2D eigenvalue weighted by Crippen LogP contribution is -2.26. The molecule has 0 aliphatic carbocycles. The summed E-state index contributed by atoms with van der Waals surface area (Å²) >= 11 is 0.573. The number of nitrogens with zero attached hydrogens (tertiary/aromatic N) is 1. The Labute approximate surface area is 99.0 Å². The van der Waals surface area contributed by atoms with Gasteiger partial charge in [-0.15, -0.1) is 0 Å². The smallest absolute Gasteiger partial charge is 0.288 e. The van der Waals surface area contributed by atoms with Crippen LogP contribution >= 0.6 is 11.8 Å². The van der Waals surface area contributed by atoms with Gasteiger partial charge in [0.15, 0.2) is 0 Å². The standard InChI is InChI=1S/C11H16F2N2S/c1-14-7-8-15(2)9-3-5-10(6-4-9)16-11(12)13/h3-6,11,14H,7-8H2,1-2H3. The maximum absolute atomic E-state index is 12.1. The van der Waals surface area contributed by atoms with Crippen LogP contribution in [0.1, 0.15) is 0 Å². The van der Waals surface area contributed by atoms with Crippen molar-refractivity contribution in [2.24, 2.45) is 0 Å². The predicted octanol–water partition coefficient (Wildman–Crippen LogP) is 2.66. The lowest BCUT2D eigenvalue weighted by Gasteiger charge is -2.19. The predicted molar refractivity (Wildman–Crippen MR) is 65.5 cm³/mol. The van der Waals surface area contributed by atoms with Crippen molar-refractivity contribution in [2.45, 2.75) is 10.7 Å². The fraction of sp³-hybridized carbons (Fsp3) is 0.455. The molecule has 1 aromatic rings. The van der Waals surface area contributed by atoms with Gasteiger partial charge in [0.25, 0.3) is 5.76 Å². The number of rotatable bonds is 6. The van der Waals surface area contributed by atoms with Gasteiger partial charge in [-0.3, -0.25) is 0 Å². The van der Waals surface area contributed by atoms with Crippen LogP contribution in [0.4, 0.5) is 14.5 Å². The molecule has 16 heavy (non-hydrogen) atoms. The molecule has 1 aromatic carbocycles. The highest BCUT2D eigenvalue weighted by molar-refractivity contribution is 7.99. The minimum Gasteiger partial charge on any atom is -0.373 e. The normalized spacial score (nSPS) is 10.8. The van der Waals surface area contributed by atoms with E-state index in [9.17, 15) is 8.78 Å². The average Bonchev–Trinajstić information content (AvgIpc) is 2.26. The summed E-state index contributed by atoms with van der Waals surface area (Å²) in [6.07, 6.45) is 0. The molecule has 0 amide bonds. The Hall–Kier alpha value is -0.810. The number of hydrogen-bond donors (Lipinski definition) is 1. The van der Waals surface area contributed by atoms with Crippen LogP contribution in [0, 0.1) is 0 Å². The molecule has 0 unspecified atom stereocenters. The zero-order chi connectivity index (χ0) is 12.0. The zero-order valence-electron chi connectivity index (χ0n) is 9.41. The molecule has 0 atom stereocenters. The molecule has 0 aliphatic rings. The van der Waals surface area contributed by atoms with E-state index in [1.54, 1.807) is 12.1 Å². The van der Waals surface area contributed by atoms with Crippen LogP contribution in [0.15, 0.2) is 29.2 Å². The van der Waals surface area contributed by atoms with Gasteiger partial charge in [0, 0.05) is 30.7 Å². The van der Waals surface area contributed by atoms with Crippen molar-refractivity contribution < 1.29 is 8.78 Å². The first kappa shape index (κ1) is 13.3. The molecule has 0 saturated carbocycles. The molecule has 5 heteroatoms. The van der Waals surface area contributed by atoms with E-state index >= 15 is 0 Å². The van der Waals surface area contributed by atoms with Gasteiger partial charge in [-0.05, 0) is 31.3 Å². The molecule has 0 radical (unpaired) electrons. The highest BCUT2D eigenvalue weighted by Gasteiger charge is 2.05. The fourth-order valence-electron chi connectivity index (χ4n) is 1.29. The SMILES string of the molecule is CNCCN(C)c1ccc(SC(F)F)cc1. The first-order chi connectivity index (χ1) is 7.63. The van der Waals surface area contributed by atoms with Crippen molar-refractivity contribution >= 4 is 17.4 Å². The molecule has 90 valence electrons. The lowest BCUT2D eigenvalue weighted by molar-refractivity contribution is 0.252. The van der Waals surface area contributed by atoms with Gasteiger partial charge in [0.2, 0.25) is 0 Å². The summed E-state index contributed by atoms with van der Waals surface area (Å²) in [4.78, 5) is 2.67. The topological polar surface area (TPSA) is 15.3 Å². The Morgan fingerprint density at radius 3 is 2.44 bits per heavy atom. The summed E-state index contributed by atoms with van der Waals surface area (Å²) in [5.74, 6) is -2.35. The first-order valence-electron chi connectivity index (χ1n) is 5.04. The van der Waals surface area contributed by atoms with Gasteiger partial charge in [-0.25, -0.2) is 0 Å². The number of nitrogens with one attached hydrogen (secondary N) is 1. The van der Waals surface area contributed by atoms with Crippen LogP contribution in [0.2, 0.25) is 0 Å². The highest BCUT2D eigenvalue weighted by Crippen LogP contribution is 2.26. The Bertz CT molecular complexity index is 303. The molecule has 0 aliphatic heterocycles. The maximum Gasteiger partial charge on any atom is 0.288 e. The second kappa shape index (κ2) is 6.70. The van der Waals surface area contributed by atoms with Gasteiger partial charge in [-0.1, -0.05) is 11.8 Å². The molecule has 0 spiro atoms. The largest absolute Gasteiger partial charge is 0.373 e. The first-order valence-corrected chi connectivity index (χ1v) is 5.92. The second-order valence-corrected chi connectivity index (χ2v) is 4.46. The number of halogens is 2. The van der Waals surface area contributed by atoms with E-state index < -0.39 is 5.76 Å². The van der Waals surface area contributed by atoms with Crippen LogP contribution in [0.3, 0.4) is 0 Å². The van der Waals surface area contributed by atoms with E-state index in [2.05, 4.69) is 10.2 Å². The summed E-state index contributed by atoms with van der Waals surface area (Å²) in [5.41, 5.74) is 1.04. The van der Waals surface area contributed by atoms with Crippen molar-refractivity contribution in [2.75, 3.05) is 32.1 Å². The van der Waals surface area contributed by atoms with E-state index in [4.69, 9.17) is 0 Å². The van der Waals surface area contributed by atoms with Gasteiger partial charge in [-0.2, -0.15) is 8.78 Å². The molecule has 0 aromatic heterocycles. The van der Waals surface area contributed by atoms with Crippen LogP contribution in [0.5, 0.6) is 0 Å². The Balaban J connectivity index is 2.56. The molecular weight excluding hydrogens is 230 g/mol. The van der Waals surface area contributed by atoms with Gasteiger partial charge in [0.1, 0.15) is 0 Å². The van der Waals surface area contributed by atoms with Crippen LogP contribution in [-0.4, -0.2) is 32.9 Å². The summed E-state index contributed by atoms with van der Waals surface area (Å²) in [6.45, 7) is 1.78. The van der Waals surface area contributed by atoms with Crippen molar-refractivity contribution in [3.63, 3.8) is 0 Å². The summed E-state index contributed by atoms with van der Waals surface area (Å²) in [7, 11) is 3.88. The Morgan fingerprint density at radius 2 is 1.94 bits per heavy atom. The number of anilines is 1. The van der Waals surface area contributed by atoms with E-state index in [1.807, 2.05) is 26.2 Å². The van der Waals surface area contributed by atoms with Crippen LogP contribution in [0.25, 0.3) is 0 Å². The summed E-state index contributed by atoms with van der Waals surface area (Å²) < 4.78 is 24.2. The van der Waals surface area contributed by atoms with Crippen LogP contribution < -0.4 is 10.2 Å².